The van der Waals surface area contributed by atoms with Gasteiger partial charge in [-0.05, 0) is 31.1 Å². The van der Waals surface area contributed by atoms with Crippen LogP contribution in [0.1, 0.15) is 30.9 Å². The molecule has 116 valence electrons. The zero-order valence-corrected chi connectivity index (χ0v) is 12.9. The zero-order valence-electron chi connectivity index (χ0n) is 12.9. The van der Waals surface area contributed by atoms with Gasteiger partial charge in [-0.1, -0.05) is 31.2 Å². The first-order valence-corrected chi connectivity index (χ1v) is 7.08. The average Bonchev–Trinajstić information content (AvgIpc) is 2.35. The Kier molecular flexibility index (Phi) is 6.88. The number of hydrogen-bond acceptors (Lipinski definition) is 3. The van der Waals surface area contributed by atoms with Crippen molar-refractivity contribution in [1.82, 2.24) is 10.2 Å². The first-order chi connectivity index (χ1) is 9.88. The Bertz CT molecular complexity index is 486. The maximum Gasteiger partial charge on any atom is 0.303 e. The normalized spacial score (nSPS) is 12.2. The van der Waals surface area contributed by atoms with Crippen LogP contribution < -0.4 is 5.32 Å². The van der Waals surface area contributed by atoms with Crippen LogP contribution in [0, 0.1) is 5.92 Å². The summed E-state index contributed by atoms with van der Waals surface area (Å²) >= 11 is 0. The highest BCUT2D eigenvalue weighted by molar-refractivity contribution is 5.77. The molecule has 0 aliphatic rings. The standard InChI is InChI=1S/C16H24N2O3/c1-12(9-16(20)21)8-15(19)17-10-13-6-4-5-7-14(13)11-18(2)3/h4-7,12H,8-11H2,1-3H3,(H,17,19)(H,20,21). The zero-order chi connectivity index (χ0) is 15.8. The second-order valence-corrected chi connectivity index (χ2v) is 5.69. The van der Waals surface area contributed by atoms with Crippen molar-refractivity contribution >= 4 is 11.9 Å². The number of carboxylic acids is 1. The summed E-state index contributed by atoms with van der Waals surface area (Å²) in [5.74, 6) is -1.13. The van der Waals surface area contributed by atoms with Crippen LogP contribution in [0.2, 0.25) is 0 Å². The molecule has 21 heavy (non-hydrogen) atoms. The molecule has 0 aromatic heterocycles. The number of carbonyl (C=O) groups excluding carboxylic acids is 1. The van der Waals surface area contributed by atoms with Crippen molar-refractivity contribution in [1.29, 1.82) is 0 Å². The Morgan fingerprint density at radius 3 is 2.38 bits per heavy atom. The Hall–Kier alpha value is -1.88. The molecule has 1 amide bonds. The van der Waals surface area contributed by atoms with Gasteiger partial charge in [-0.3, -0.25) is 9.59 Å². The van der Waals surface area contributed by atoms with Crippen molar-refractivity contribution in [2.75, 3.05) is 14.1 Å². The molecule has 0 saturated carbocycles. The summed E-state index contributed by atoms with van der Waals surface area (Å²) in [5.41, 5.74) is 2.27. The smallest absolute Gasteiger partial charge is 0.303 e. The number of amides is 1. The van der Waals surface area contributed by atoms with Crippen molar-refractivity contribution in [2.45, 2.75) is 32.9 Å². The molecule has 0 spiro atoms. The van der Waals surface area contributed by atoms with Crippen LogP contribution in [-0.2, 0) is 22.7 Å². The number of aliphatic carboxylic acids is 1. The van der Waals surface area contributed by atoms with E-state index in [0.29, 0.717) is 6.54 Å². The van der Waals surface area contributed by atoms with Gasteiger partial charge >= 0.3 is 5.97 Å². The lowest BCUT2D eigenvalue weighted by atomic mass is 10.0. The molecule has 0 bridgehead atoms. The number of carboxylic acid groups (broad SMARTS) is 1. The Labute approximate surface area is 126 Å². The molecule has 5 nitrogen and oxygen atoms in total. The van der Waals surface area contributed by atoms with Gasteiger partial charge in [0.2, 0.25) is 5.91 Å². The lowest BCUT2D eigenvalue weighted by Gasteiger charge is -2.15. The van der Waals surface area contributed by atoms with E-state index in [-0.39, 0.29) is 24.7 Å². The third-order valence-electron chi connectivity index (χ3n) is 3.14. The second-order valence-electron chi connectivity index (χ2n) is 5.69. The van der Waals surface area contributed by atoms with E-state index in [2.05, 4.69) is 16.3 Å². The predicted molar refractivity (Wildman–Crippen MR) is 81.7 cm³/mol. The van der Waals surface area contributed by atoms with Crippen molar-refractivity contribution < 1.29 is 14.7 Å². The molecule has 2 N–H and O–H groups in total. The molecular weight excluding hydrogens is 268 g/mol. The summed E-state index contributed by atoms with van der Waals surface area (Å²) < 4.78 is 0. The fraction of sp³-hybridized carbons (Fsp3) is 0.500. The number of hydrogen-bond donors (Lipinski definition) is 2. The first kappa shape index (κ1) is 17.2. The van der Waals surface area contributed by atoms with Crippen LogP contribution in [0.15, 0.2) is 24.3 Å². The van der Waals surface area contributed by atoms with Crippen LogP contribution in [0.25, 0.3) is 0 Å². The van der Waals surface area contributed by atoms with Gasteiger partial charge in [0, 0.05) is 25.9 Å². The summed E-state index contributed by atoms with van der Waals surface area (Å²) in [7, 11) is 4.01. The SMILES string of the molecule is CC(CC(=O)O)CC(=O)NCc1ccccc1CN(C)C. The van der Waals surface area contributed by atoms with Crippen LogP contribution in [0.4, 0.5) is 0 Å². The number of benzene rings is 1. The lowest BCUT2D eigenvalue weighted by Crippen LogP contribution is -2.26. The van der Waals surface area contributed by atoms with Gasteiger partial charge < -0.3 is 15.3 Å². The Morgan fingerprint density at radius 2 is 1.81 bits per heavy atom. The Balaban J connectivity index is 2.51. The van der Waals surface area contributed by atoms with E-state index in [4.69, 9.17) is 5.11 Å². The average molecular weight is 292 g/mol. The van der Waals surface area contributed by atoms with Gasteiger partial charge in [-0.25, -0.2) is 0 Å². The van der Waals surface area contributed by atoms with E-state index >= 15 is 0 Å². The van der Waals surface area contributed by atoms with Crippen molar-refractivity contribution in [3.8, 4) is 0 Å². The highest BCUT2D eigenvalue weighted by Crippen LogP contribution is 2.11. The van der Waals surface area contributed by atoms with Gasteiger partial charge in [0.05, 0.1) is 0 Å². The number of rotatable bonds is 8. The van der Waals surface area contributed by atoms with Crippen LogP contribution in [0.3, 0.4) is 0 Å². The molecule has 5 heteroatoms. The van der Waals surface area contributed by atoms with Crippen LogP contribution in [0.5, 0.6) is 0 Å². The van der Waals surface area contributed by atoms with Gasteiger partial charge in [0.25, 0.3) is 0 Å². The van der Waals surface area contributed by atoms with Crippen molar-refractivity contribution in [3.05, 3.63) is 35.4 Å². The summed E-state index contributed by atoms with van der Waals surface area (Å²) in [6.45, 7) is 3.07. The fourth-order valence-corrected chi connectivity index (χ4v) is 2.18. The minimum Gasteiger partial charge on any atom is -0.481 e. The van der Waals surface area contributed by atoms with E-state index in [1.165, 1.54) is 5.56 Å². The summed E-state index contributed by atoms with van der Waals surface area (Å²) in [6.07, 6.45) is 0.257. The molecule has 0 radical (unpaired) electrons. The maximum absolute atomic E-state index is 11.8. The van der Waals surface area contributed by atoms with E-state index in [1.54, 1.807) is 6.92 Å². The molecule has 1 rings (SSSR count). The van der Waals surface area contributed by atoms with Gasteiger partial charge in [0.15, 0.2) is 0 Å². The molecule has 0 fully saturated rings. The Morgan fingerprint density at radius 1 is 1.19 bits per heavy atom. The van der Waals surface area contributed by atoms with E-state index in [9.17, 15) is 9.59 Å². The first-order valence-electron chi connectivity index (χ1n) is 7.08. The van der Waals surface area contributed by atoms with Gasteiger partial charge in [-0.2, -0.15) is 0 Å². The fourth-order valence-electron chi connectivity index (χ4n) is 2.18. The van der Waals surface area contributed by atoms with E-state index < -0.39 is 5.97 Å². The van der Waals surface area contributed by atoms with Gasteiger partial charge in [0.1, 0.15) is 0 Å². The number of nitrogens with zero attached hydrogens (tertiary/aromatic N) is 1. The monoisotopic (exact) mass is 292 g/mol. The molecule has 0 heterocycles. The predicted octanol–water partition coefficient (Wildman–Crippen LogP) is 1.87. The molecule has 1 atom stereocenters. The topological polar surface area (TPSA) is 69.6 Å². The van der Waals surface area contributed by atoms with Crippen LogP contribution >= 0.6 is 0 Å². The molecule has 1 unspecified atom stereocenters. The highest BCUT2D eigenvalue weighted by Gasteiger charge is 2.12. The minimum atomic E-state index is -0.869. The molecule has 0 aliphatic carbocycles. The number of carbonyl (C=O) groups is 2. The molecule has 0 aliphatic heterocycles. The molecule has 1 aromatic carbocycles. The van der Waals surface area contributed by atoms with Crippen LogP contribution in [-0.4, -0.2) is 36.0 Å². The van der Waals surface area contributed by atoms with E-state index in [0.717, 1.165) is 12.1 Å². The molecule has 0 saturated heterocycles. The molecule has 1 aromatic rings. The number of nitrogens with one attached hydrogen (secondary N) is 1. The minimum absolute atomic E-state index is 0.0185. The third-order valence-corrected chi connectivity index (χ3v) is 3.14. The highest BCUT2D eigenvalue weighted by atomic mass is 16.4. The van der Waals surface area contributed by atoms with E-state index in [1.807, 2.05) is 32.3 Å². The lowest BCUT2D eigenvalue weighted by molar-refractivity contribution is -0.138. The second kappa shape index (κ2) is 8.42. The largest absolute Gasteiger partial charge is 0.481 e. The summed E-state index contributed by atoms with van der Waals surface area (Å²) in [4.78, 5) is 24.5. The quantitative estimate of drug-likeness (QED) is 0.767. The maximum atomic E-state index is 11.8. The summed E-state index contributed by atoms with van der Waals surface area (Å²) in [5, 5.41) is 11.6. The van der Waals surface area contributed by atoms with Crippen molar-refractivity contribution in [3.63, 3.8) is 0 Å². The van der Waals surface area contributed by atoms with Gasteiger partial charge in [-0.15, -0.1) is 0 Å². The third kappa shape index (κ3) is 6.90. The summed E-state index contributed by atoms with van der Waals surface area (Å²) in [6, 6.07) is 7.99. The van der Waals surface area contributed by atoms with Crippen molar-refractivity contribution in [2.24, 2.45) is 5.92 Å². The molecular formula is C16H24N2O3.